The summed E-state index contributed by atoms with van der Waals surface area (Å²) in [5.41, 5.74) is 1.47. The lowest BCUT2D eigenvalue weighted by molar-refractivity contribution is 0.669. The summed E-state index contributed by atoms with van der Waals surface area (Å²) < 4.78 is 1.36. The van der Waals surface area contributed by atoms with Crippen molar-refractivity contribution in [3.63, 3.8) is 0 Å². The summed E-state index contributed by atoms with van der Waals surface area (Å²) in [5.74, 6) is 0. The van der Waals surface area contributed by atoms with Crippen LogP contribution in [0.3, 0.4) is 0 Å². The quantitative estimate of drug-likeness (QED) is 0.601. The molecule has 0 aliphatic carbocycles. The highest BCUT2D eigenvalue weighted by molar-refractivity contribution is 7.17. The van der Waals surface area contributed by atoms with Gasteiger partial charge in [-0.05, 0) is 47.4 Å². The molecular formula is C14H17ClS. The molecule has 2 heteroatoms. The maximum atomic E-state index is 6.04. The van der Waals surface area contributed by atoms with Gasteiger partial charge in [-0.25, -0.2) is 0 Å². The van der Waals surface area contributed by atoms with E-state index in [-0.39, 0.29) is 0 Å². The Morgan fingerprint density at radius 2 is 2.06 bits per heavy atom. The molecule has 0 amide bonds. The second kappa shape index (κ2) is 5.70. The van der Waals surface area contributed by atoms with Crippen molar-refractivity contribution in [3.05, 3.63) is 34.2 Å². The number of thiophene rings is 1. The molecule has 0 aliphatic rings. The average molecular weight is 253 g/mol. The number of unbranched alkanes of at least 4 members (excludes halogenated alkanes) is 3. The van der Waals surface area contributed by atoms with Crippen LogP contribution in [-0.2, 0) is 6.42 Å². The fraction of sp³-hybridized carbons (Fsp3) is 0.429. The standard InChI is InChI=1S/C14H17ClS/c1-2-3-4-5-6-11-10-16-14-8-7-12(15)9-13(11)14/h7-10H,2-6H2,1H3. The maximum Gasteiger partial charge on any atom is 0.0413 e. The summed E-state index contributed by atoms with van der Waals surface area (Å²) in [6.45, 7) is 2.25. The molecule has 0 unspecified atom stereocenters. The number of rotatable bonds is 5. The van der Waals surface area contributed by atoms with Crippen LogP contribution >= 0.6 is 22.9 Å². The van der Waals surface area contributed by atoms with Gasteiger partial charge in [0, 0.05) is 9.72 Å². The molecule has 0 atom stereocenters. The van der Waals surface area contributed by atoms with Crippen LogP contribution in [0.25, 0.3) is 10.1 Å². The van der Waals surface area contributed by atoms with Gasteiger partial charge in [-0.2, -0.15) is 0 Å². The van der Waals surface area contributed by atoms with Gasteiger partial charge in [-0.15, -0.1) is 11.3 Å². The van der Waals surface area contributed by atoms with Crippen LogP contribution in [0, 0.1) is 0 Å². The molecule has 0 spiro atoms. The Morgan fingerprint density at radius 1 is 1.19 bits per heavy atom. The fourth-order valence-corrected chi connectivity index (χ4v) is 3.14. The molecule has 1 aromatic heterocycles. The van der Waals surface area contributed by atoms with Gasteiger partial charge in [0.1, 0.15) is 0 Å². The second-order valence-electron chi connectivity index (χ2n) is 4.21. The molecule has 2 aromatic rings. The van der Waals surface area contributed by atoms with Gasteiger partial charge in [0.05, 0.1) is 0 Å². The normalized spacial score (nSPS) is 11.1. The van der Waals surface area contributed by atoms with Crippen LogP contribution in [0.1, 0.15) is 38.2 Å². The third kappa shape index (κ3) is 2.78. The van der Waals surface area contributed by atoms with E-state index >= 15 is 0 Å². The molecular weight excluding hydrogens is 236 g/mol. The predicted octanol–water partition coefficient (Wildman–Crippen LogP) is 5.68. The molecule has 16 heavy (non-hydrogen) atoms. The van der Waals surface area contributed by atoms with Gasteiger partial charge in [0.15, 0.2) is 0 Å². The molecule has 0 nitrogen and oxygen atoms in total. The van der Waals surface area contributed by atoms with E-state index in [2.05, 4.69) is 24.4 Å². The Morgan fingerprint density at radius 3 is 2.88 bits per heavy atom. The fourth-order valence-electron chi connectivity index (χ4n) is 1.99. The van der Waals surface area contributed by atoms with Crippen LogP contribution in [-0.4, -0.2) is 0 Å². The number of aryl methyl sites for hydroxylation is 1. The van der Waals surface area contributed by atoms with E-state index < -0.39 is 0 Å². The first kappa shape index (κ1) is 11.9. The van der Waals surface area contributed by atoms with Crippen molar-refractivity contribution in [1.82, 2.24) is 0 Å². The number of hydrogen-bond acceptors (Lipinski definition) is 1. The average Bonchev–Trinajstić information content (AvgIpc) is 2.67. The van der Waals surface area contributed by atoms with Crippen molar-refractivity contribution in [2.24, 2.45) is 0 Å². The molecule has 0 bridgehead atoms. The van der Waals surface area contributed by atoms with Crippen LogP contribution in [0.4, 0.5) is 0 Å². The number of halogens is 1. The molecule has 2 rings (SSSR count). The molecule has 0 saturated carbocycles. The molecule has 0 fully saturated rings. The Kier molecular flexibility index (Phi) is 4.25. The third-order valence-electron chi connectivity index (χ3n) is 2.92. The van der Waals surface area contributed by atoms with Crippen LogP contribution in [0.15, 0.2) is 23.6 Å². The summed E-state index contributed by atoms with van der Waals surface area (Å²) >= 11 is 7.86. The second-order valence-corrected chi connectivity index (χ2v) is 5.56. The van der Waals surface area contributed by atoms with E-state index in [1.165, 1.54) is 47.8 Å². The molecule has 0 aliphatic heterocycles. The number of benzene rings is 1. The molecule has 1 aromatic carbocycles. The zero-order valence-corrected chi connectivity index (χ0v) is 11.2. The van der Waals surface area contributed by atoms with E-state index in [1.54, 1.807) is 0 Å². The van der Waals surface area contributed by atoms with Crippen LogP contribution in [0.5, 0.6) is 0 Å². The summed E-state index contributed by atoms with van der Waals surface area (Å²) in [5, 5.41) is 4.49. The first-order chi connectivity index (χ1) is 7.81. The lowest BCUT2D eigenvalue weighted by Crippen LogP contribution is -1.83. The Labute approximate surface area is 106 Å². The smallest absolute Gasteiger partial charge is 0.0413 e. The largest absolute Gasteiger partial charge is 0.144 e. The van der Waals surface area contributed by atoms with Gasteiger partial charge in [-0.3, -0.25) is 0 Å². The summed E-state index contributed by atoms with van der Waals surface area (Å²) in [6.07, 6.45) is 6.49. The van der Waals surface area contributed by atoms with Gasteiger partial charge in [-0.1, -0.05) is 37.8 Å². The summed E-state index contributed by atoms with van der Waals surface area (Å²) in [4.78, 5) is 0. The minimum atomic E-state index is 0.848. The van der Waals surface area contributed by atoms with Gasteiger partial charge >= 0.3 is 0 Å². The lowest BCUT2D eigenvalue weighted by atomic mass is 10.1. The first-order valence-corrected chi connectivity index (χ1v) is 7.22. The molecule has 86 valence electrons. The monoisotopic (exact) mass is 252 g/mol. The van der Waals surface area contributed by atoms with E-state index in [0.29, 0.717) is 0 Å². The predicted molar refractivity (Wildman–Crippen MR) is 74.7 cm³/mol. The lowest BCUT2D eigenvalue weighted by Gasteiger charge is -2.00. The molecule has 0 N–H and O–H groups in total. The maximum absolute atomic E-state index is 6.04. The van der Waals surface area contributed by atoms with Crippen LogP contribution in [0.2, 0.25) is 5.02 Å². The number of hydrogen-bond donors (Lipinski definition) is 0. The first-order valence-electron chi connectivity index (χ1n) is 5.97. The van der Waals surface area contributed by atoms with Crippen molar-refractivity contribution in [1.29, 1.82) is 0 Å². The zero-order chi connectivity index (χ0) is 11.4. The summed E-state index contributed by atoms with van der Waals surface area (Å²) in [6, 6.07) is 6.20. The van der Waals surface area contributed by atoms with Gasteiger partial charge in [0.2, 0.25) is 0 Å². The zero-order valence-electron chi connectivity index (χ0n) is 9.63. The molecule has 0 radical (unpaired) electrons. The van der Waals surface area contributed by atoms with E-state index in [0.717, 1.165) is 5.02 Å². The van der Waals surface area contributed by atoms with E-state index in [1.807, 2.05) is 17.4 Å². The van der Waals surface area contributed by atoms with Crippen LogP contribution < -0.4 is 0 Å². The highest BCUT2D eigenvalue weighted by atomic mass is 35.5. The molecule has 0 saturated heterocycles. The Bertz CT molecular complexity index is 459. The SMILES string of the molecule is CCCCCCc1csc2ccc(Cl)cc12. The van der Waals surface area contributed by atoms with Crippen molar-refractivity contribution in [2.45, 2.75) is 39.0 Å². The number of fused-ring (bicyclic) bond motifs is 1. The van der Waals surface area contributed by atoms with E-state index in [9.17, 15) is 0 Å². The van der Waals surface area contributed by atoms with Gasteiger partial charge < -0.3 is 0 Å². The van der Waals surface area contributed by atoms with Crippen molar-refractivity contribution in [3.8, 4) is 0 Å². The third-order valence-corrected chi connectivity index (χ3v) is 4.16. The molecule has 1 heterocycles. The highest BCUT2D eigenvalue weighted by Crippen LogP contribution is 2.29. The van der Waals surface area contributed by atoms with E-state index in [4.69, 9.17) is 11.6 Å². The van der Waals surface area contributed by atoms with Crippen molar-refractivity contribution < 1.29 is 0 Å². The Balaban J connectivity index is 2.09. The van der Waals surface area contributed by atoms with Crippen molar-refractivity contribution in [2.75, 3.05) is 0 Å². The Hall–Kier alpha value is -0.530. The summed E-state index contributed by atoms with van der Waals surface area (Å²) in [7, 11) is 0. The highest BCUT2D eigenvalue weighted by Gasteiger charge is 2.04. The topological polar surface area (TPSA) is 0 Å². The van der Waals surface area contributed by atoms with Gasteiger partial charge in [0.25, 0.3) is 0 Å². The minimum absolute atomic E-state index is 0.848. The minimum Gasteiger partial charge on any atom is -0.144 e. The van der Waals surface area contributed by atoms with Crippen molar-refractivity contribution >= 4 is 33.0 Å².